The van der Waals surface area contributed by atoms with Gasteiger partial charge in [-0.15, -0.1) is 11.6 Å². The van der Waals surface area contributed by atoms with Crippen molar-refractivity contribution in [2.75, 3.05) is 19.0 Å². The average Bonchev–Trinajstić information content (AvgIpc) is 2.86. The van der Waals surface area contributed by atoms with Gasteiger partial charge in [-0.1, -0.05) is 11.6 Å². The summed E-state index contributed by atoms with van der Waals surface area (Å²) in [7, 11) is 0. The Labute approximate surface area is 117 Å². The molecule has 18 heavy (non-hydrogen) atoms. The Kier molecular flexibility index (Phi) is 4.72. The van der Waals surface area contributed by atoms with Crippen LogP contribution in [0.4, 0.5) is 0 Å². The molecule has 0 N–H and O–H groups in total. The van der Waals surface area contributed by atoms with Gasteiger partial charge in [0.15, 0.2) is 6.61 Å². The van der Waals surface area contributed by atoms with E-state index in [1.165, 1.54) is 0 Å². The third-order valence-electron chi connectivity index (χ3n) is 3.05. The zero-order valence-corrected chi connectivity index (χ0v) is 11.5. The number of halogens is 2. The first-order chi connectivity index (χ1) is 8.70. The molecular formula is C13H15Cl2NO2. The molecule has 1 aromatic carbocycles. The molecule has 1 unspecified atom stereocenters. The normalized spacial score (nSPS) is 19.0. The van der Waals surface area contributed by atoms with Crippen LogP contribution < -0.4 is 4.74 Å². The van der Waals surface area contributed by atoms with Gasteiger partial charge in [0.2, 0.25) is 0 Å². The number of benzene rings is 1. The van der Waals surface area contributed by atoms with Crippen molar-refractivity contribution < 1.29 is 9.53 Å². The Hall–Kier alpha value is -0.930. The summed E-state index contributed by atoms with van der Waals surface area (Å²) in [5.41, 5.74) is 0. The number of ether oxygens (including phenoxy) is 1. The first kappa shape index (κ1) is 13.5. The molecule has 1 aromatic rings. The molecule has 1 fully saturated rings. The maximum Gasteiger partial charge on any atom is 0.260 e. The van der Waals surface area contributed by atoms with Gasteiger partial charge in [0.1, 0.15) is 5.75 Å². The van der Waals surface area contributed by atoms with Crippen LogP contribution in [0, 0.1) is 0 Å². The number of hydrogen-bond donors (Lipinski definition) is 0. The van der Waals surface area contributed by atoms with Crippen LogP contribution in [0.1, 0.15) is 12.8 Å². The number of hydrogen-bond acceptors (Lipinski definition) is 2. The first-order valence-electron chi connectivity index (χ1n) is 5.94. The summed E-state index contributed by atoms with van der Waals surface area (Å²) in [6, 6.07) is 7.13. The second kappa shape index (κ2) is 6.30. The highest BCUT2D eigenvalue weighted by atomic mass is 35.5. The van der Waals surface area contributed by atoms with Gasteiger partial charge in [-0.3, -0.25) is 4.79 Å². The fourth-order valence-corrected chi connectivity index (χ4v) is 2.53. The van der Waals surface area contributed by atoms with E-state index in [0.29, 0.717) is 16.7 Å². The van der Waals surface area contributed by atoms with Gasteiger partial charge in [-0.2, -0.15) is 0 Å². The van der Waals surface area contributed by atoms with E-state index >= 15 is 0 Å². The standard InChI is InChI=1S/C13H15Cl2NO2/c14-8-11-2-1-7-16(11)13(17)9-18-12-5-3-10(15)4-6-12/h3-6,11H,1-2,7-9H2. The fraction of sp³-hybridized carbons (Fsp3) is 0.462. The van der Waals surface area contributed by atoms with Crippen molar-refractivity contribution in [3.05, 3.63) is 29.3 Å². The zero-order valence-electron chi connectivity index (χ0n) is 9.94. The van der Waals surface area contributed by atoms with E-state index in [0.717, 1.165) is 19.4 Å². The molecule has 0 aromatic heterocycles. The second-order valence-corrected chi connectivity index (χ2v) is 5.03. The third kappa shape index (κ3) is 3.30. The maximum absolute atomic E-state index is 12.0. The van der Waals surface area contributed by atoms with E-state index < -0.39 is 0 Å². The largest absolute Gasteiger partial charge is 0.484 e. The number of likely N-dealkylation sites (tertiary alicyclic amines) is 1. The SMILES string of the molecule is O=C(COc1ccc(Cl)cc1)N1CCCC1CCl. The van der Waals surface area contributed by atoms with E-state index in [1.54, 1.807) is 24.3 Å². The Morgan fingerprint density at radius 3 is 2.78 bits per heavy atom. The molecule has 0 spiro atoms. The Morgan fingerprint density at radius 2 is 2.11 bits per heavy atom. The minimum Gasteiger partial charge on any atom is -0.484 e. The number of carbonyl (C=O) groups excluding carboxylic acids is 1. The number of amides is 1. The molecule has 0 radical (unpaired) electrons. The molecular weight excluding hydrogens is 273 g/mol. The molecule has 5 heteroatoms. The minimum absolute atomic E-state index is 0.00639. The summed E-state index contributed by atoms with van der Waals surface area (Å²) in [6.45, 7) is 0.829. The number of rotatable bonds is 4. The fourth-order valence-electron chi connectivity index (χ4n) is 2.08. The van der Waals surface area contributed by atoms with Crippen LogP contribution >= 0.6 is 23.2 Å². The second-order valence-electron chi connectivity index (χ2n) is 4.28. The van der Waals surface area contributed by atoms with Gasteiger partial charge in [-0.25, -0.2) is 0 Å². The van der Waals surface area contributed by atoms with Gasteiger partial charge in [-0.05, 0) is 37.1 Å². The van der Waals surface area contributed by atoms with Crippen LogP contribution in [0.15, 0.2) is 24.3 Å². The van der Waals surface area contributed by atoms with Crippen LogP contribution in [0.5, 0.6) is 5.75 Å². The van der Waals surface area contributed by atoms with Gasteiger partial charge in [0.25, 0.3) is 5.91 Å². The number of carbonyl (C=O) groups is 1. The number of nitrogens with zero attached hydrogens (tertiary/aromatic N) is 1. The van der Waals surface area contributed by atoms with Crippen molar-refractivity contribution in [1.82, 2.24) is 4.90 Å². The van der Waals surface area contributed by atoms with Gasteiger partial charge < -0.3 is 9.64 Å². The predicted molar refractivity (Wildman–Crippen MR) is 72.4 cm³/mol. The Bertz CT molecular complexity index is 408. The average molecular weight is 288 g/mol. The molecule has 1 aliphatic heterocycles. The topological polar surface area (TPSA) is 29.5 Å². The van der Waals surface area contributed by atoms with Gasteiger partial charge in [0.05, 0.1) is 0 Å². The zero-order chi connectivity index (χ0) is 13.0. The molecule has 3 nitrogen and oxygen atoms in total. The monoisotopic (exact) mass is 287 g/mol. The summed E-state index contributed by atoms with van der Waals surface area (Å²) in [6.07, 6.45) is 2.00. The highest BCUT2D eigenvalue weighted by Crippen LogP contribution is 2.19. The summed E-state index contributed by atoms with van der Waals surface area (Å²) < 4.78 is 5.44. The van der Waals surface area contributed by atoms with Crippen molar-refractivity contribution in [1.29, 1.82) is 0 Å². The molecule has 1 heterocycles. The van der Waals surface area contributed by atoms with Gasteiger partial charge >= 0.3 is 0 Å². The van der Waals surface area contributed by atoms with Crippen molar-refractivity contribution in [2.24, 2.45) is 0 Å². The molecule has 0 aliphatic carbocycles. The van der Waals surface area contributed by atoms with E-state index in [2.05, 4.69) is 0 Å². The van der Waals surface area contributed by atoms with E-state index in [1.807, 2.05) is 4.90 Å². The molecule has 1 amide bonds. The Balaban J connectivity index is 1.86. The Morgan fingerprint density at radius 1 is 1.39 bits per heavy atom. The molecule has 0 saturated carbocycles. The predicted octanol–water partition coefficient (Wildman–Crippen LogP) is 2.95. The van der Waals surface area contributed by atoms with Crippen molar-refractivity contribution >= 4 is 29.1 Å². The lowest BCUT2D eigenvalue weighted by Crippen LogP contribution is -2.39. The van der Waals surface area contributed by atoms with E-state index in [4.69, 9.17) is 27.9 Å². The van der Waals surface area contributed by atoms with Crippen molar-refractivity contribution in [3.63, 3.8) is 0 Å². The van der Waals surface area contributed by atoms with E-state index in [-0.39, 0.29) is 18.6 Å². The van der Waals surface area contributed by atoms with Crippen LogP contribution in [0.25, 0.3) is 0 Å². The molecule has 2 rings (SSSR count). The maximum atomic E-state index is 12.0. The highest BCUT2D eigenvalue weighted by molar-refractivity contribution is 6.30. The highest BCUT2D eigenvalue weighted by Gasteiger charge is 2.27. The minimum atomic E-state index is -0.00639. The smallest absolute Gasteiger partial charge is 0.260 e. The van der Waals surface area contributed by atoms with E-state index in [9.17, 15) is 4.79 Å². The van der Waals surface area contributed by atoms with Crippen molar-refractivity contribution in [3.8, 4) is 5.75 Å². The molecule has 1 aliphatic rings. The van der Waals surface area contributed by atoms with Crippen LogP contribution in [0.3, 0.4) is 0 Å². The third-order valence-corrected chi connectivity index (χ3v) is 3.66. The van der Waals surface area contributed by atoms with Crippen LogP contribution in [-0.2, 0) is 4.79 Å². The summed E-state index contributed by atoms with van der Waals surface area (Å²) >= 11 is 11.6. The molecule has 1 saturated heterocycles. The summed E-state index contributed by atoms with van der Waals surface area (Å²) in [5.74, 6) is 1.13. The van der Waals surface area contributed by atoms with Crippen LogP contribution in [0.2, 0.25) is 5.02 Å². The molecule has 98 valence electrons. The van der Waals surface area contributed by atoms with Gasteiger partial charge in [0, 0.05) is 23.5 Å². The lowest BCUT2D eigenvalue weighted by molar-refractivity contribution is -0.133. The lowest BCUT2D eigenvalue weighted by Gasteiger charge is -2.22. The lowest BCUT2D eigenvalue weighted by atomic mass is 10.2. The van der Waals surface area contributed by atoms with Crippen molar-refractivity contribution in [2.45, 2.75) is 18.9 Å². The number of alkyl halides is 1. The van der Waals surface area contributed by atoms with Crippen LogP contribution in [-0.4, -0.2) is 35.9 Å². The first-order valence-corrected chi connectivity index (χ1v) is 6.86. The summed E-state index contributed by atoms with van der Waals surface area (Å²) in [4.78, 5) is 13.8. The molecule has 0 bridgehead atoms. The quantitative estimate of drug-likeness (QED) is 0.797. The summed E-state index contributed by atoms with van der Waals surface area (Å²) in [5, 5.41) is 0.649. The molecule has 1 atom stereocenters.